The molecule has 0 aromatic carbocycles. The standard InChI is InChI=1S/C4H5Cl.CHCl3.CH3Cl/c1-3-4(2)5;2-1(3)4;1-2/h3H,1-2H2;1H;1H3. The molecule has 0 rings (SSSR count). The molecule has 0 bridgehead atoms. The van der Waals surface area contributed by atoms with Crippen LogP contribution < -0.4 is 0 Å². The van der Waals surface area contributed by atoms with Gasteiger partial charge in [0.2, 0.25) is 0 Å². The minimum atomic E-state index is -0.750. The second-order valence-electron chi connectivity index (χ2n) is 0.898. The van der Waals surface area contributed by atoms with Gasteiger partial charge in [0.05, 0.1) is 0 Å². The molecule has 0 nitrogen and oxygen atoms in total. The smallest absolute Gasteiger partial charge is 0.130 e. The van der Waals surface area contributed by atoms with Gasteiger partial charge in [-0.3, -0.25) is 0 Å². The minimum absolute atomic E-state index is 0.491. The second kappa shape index (κ2) is 17.1. The largest absolute Gasteiger partial charge is 0.180 e. The van der Waals surface area contributed by atoms with Gasteiger partial charge in [0, 0.05) is 11.4 Å². The Labute approximate surface area is 92.7 Å². The van der Waals surface area contributed by atoms with Crippen molar-refractivity contribution in [2.75, 3.05) is 6.38 Å². The van der Waals surface area contributed by atoms with Crippen LogP contribution in [0.15, 0.2) is 24.3 Å². The molecule has 5 heteroatoms. The van der Waals surface area contributed by atoms with Crippen LogP contribution in [0.1, 0.15) is 0 Å². The Hall–Kier alpha value is 0.930. The summed E-state index contributed by atoms with van der Waals surface area (Å²) in [4.78, 5) is 0. The predicted molar refractivity (Wildman–Crippen MR) is 58.3 cm³/mol. The molecule has 0 aliphatic carbocycles. The molecule has 0 aromatic heterocycles. The van der Waals surface area contributed by atoms with E-state index in [1.807, 2.05) is 0 Å². The number of alkyl halides is 4. The van der Waals surface area contributed by atoms with E-state index in [1.165, 1.54) is 12.5 Å². The van der Waals surface area contributed by atoms with E-state index in [1.54, 1.807) is 0 Å². The first kappa shape index (κ1) is 17.9. The summed E-state index contributed by atoms with van der Waals surface area (Å²) in [5.41, 5.74) is 0. The Balaban J connectivity index is -0.0000000965. The molecule has 11 heavy (non-hydrogen) atoms. The maximum absolute atomic E-state index is 5.15. The minimum Gasteiger partial charge on any atom is -0.130 e. The summed E-state index contributed by atoms with van der Waals surface area (Å²) in [6, 6.07) is 0. The molecule has 0 amide bonds. The van der Waals surface area contributed by atoms with Crippen molar-refractivity contribution in [3.05, 3.63) is 24.3 Å². The van der Waals surface area contributed by atoms with Crippen molar-refractivity contribution in [1.29, 1.82) is 0 Å². The lowest BCUT2D eigenvalue weighted by molar-refractivity contribution is 1.96. The highest BCUT2D eigenvalue weighted by Gasteiger charge is 1.78. The number of hydrogen-bond donors (Lipinski definition) is 0. The first-order chi connectivity index (χ1) is 5.00. The van der Waals surface area contributed by atoms with E-state index in [4.69, 9.17) is 46.4 Å². The van der Waals surface area contributed by atoms with Crippen molar-refractivity contribution in [1.82, 2.24) is 0 Å². The van der Waals surface area contributed by atoms with Crippen LogP contribution in [0.2, 0.25) is 0 Å². The van der Waals surface area contributed by atoms with E-state index in [0.717, 1.165) is 0 Å². The lowest BCUT2D eigenvalue weighted by Gasteiger charge is -1.69. The van der Waals surface area contributed by atoms with Crippen molar-refractivity contribution in [3.8, 4) is 0 Å². The van der Waals surface area contributed by atoms with Crippen LogP contribution in [0.4, 0.5) is 0 Å². The van der Waals surface area contributed by atoms with Crippen LogP contribution in [0, 0.1) is 0 Å². The fourth-order valence-electron chi connectivity index (χ4n) is 0. The number of rotatable bonds is 1. The molecule has 0 unspecified atom stereocenters. The zero-order chi connectivity index (χ0) is 9.86. The third kappa shape index (κ3) is 102. The van der Waals surface area contributed by atoms with Gasteiger partial charge >= 0.3 is 0 Å². The highest BCUT2D eigenvalue weighted by Crippen LogP contribution is 2.03. The van der Waals surface area contributed by atoms with Crippen LogP contribution in [0.3, 0.4) is 0 Å². The van der Waals surface area contributed by atoms with Crippen LogP contribution in [0.25, 0.3) is 0 Å². The Morgan fingerprint density at radius 2 is 1.36 bits per heavy atom. The van der Waals surface area contributed by atoms with E-state index in [-0.39, 0.29) is 0 Å². The first-order valence-electron chi connectivity index (χ1n) is 2.27. The molecular formula is C6H9Cl5. The van der Waals surface area contributed by atoms with E-state index >= 15 is 0 Å². The van der Waals surface area contributed by atoms with E-state index in [0.29, 0.717) is 5.03 Å². The van der Waals surface area contributed by atoms with Crippen LogP contribution in [-0.4, -0.2) is 10.7 Å². The molecule has 0 heterocycles. The molecule has 0 aliphatic rings. The summed E-state index contributed by atoms with van der Waals surface area (Å²) in [7, 11) is 0. The number of halogens is 5. The number of allylic oxidation sites excluding steroid dienone is 2. The highest BCUT2D eigenvalue weighted by atomic mass is 35.6. The molecule has 0 aliphatic heterocycles. The third-order valence-electron chi connectivity index (χ3n) is 0.221. The van der Waals surface area contributed by atoms with Crippen LogP contribution >= 0.6 is 58.0 Å². The predicted octanol–water partition coefficient (Wildman–Crippen LogP) is 4.77. The van der Waals surface area contributed by atoms with E-state index in [2.05, 4.69) is 24.8 Å². The van der Waals surface area contributed by atoms with Gasteiger partial charge in [-0.1, -0.05) is 65.6 Å². The molecule has 0 N–H and O–H groups in total. The molecule has 0 saturated carbocycles. The fraction of sp³-hybridized carbons (Fsp3) is 0.333. The van der Waals surface area contributed by atoms with Gasteiger partial charge in [0.25, 0.3) is 0 Å². The molecule has 0 saturated heterocycles. The topological polar surface area (TPSA) is 0 Å². The van der Waals surface area contributed by atoms with Crippen LogP contribution in [0.5, 0.6) is 0 Å². The molecule has 0 spiro atoms. The monoisotopic (exact) mass is 256 g/mol. The van der Waals surface area contributed by atoms with Gasteiger partial charge in [0.1, 0.15) is 0 Å². The summed E-state index contributed by atoms with van der Waals surface area (Å²) in [5.74, 6) is 0. The van der Waals surface area contributed by atoms with Gasteiger partial charge in [-0.25, -0.2) is 0 Å². The molecular weight excluding hydrogens is 249 g/mol. The molecule has 0 aromatic rings. The Bertz CT molecular complexity index is 86.2. The fourth-order valence-corrected chi connectivity index (χ4v) is 0. The maximum atomic E-state index is 5.15. The average Bonchev–Trinajstić information content (AvgIpc) is 1.91. The maximum Gasteiger partial charge on any atom is 0.180 e. The first-order valence-corrected chi connectivity index (χ1v) is 4.72. The van der Waals surface area contributed by atoms with E-state index < -0.39 is 4.30 Å². The summed E-state index contributed by atoms with van der Waals surface area (Å²) in [6.07, 6.45) is 2.96. The third-order valence-corrected chi connectivity index (χ3v) is 0.376. The quantitative estimate of drug-likeness (QED) is 0.469. The van der Waals surface area contributed by atoms with Crippen molar-refractivity contribution in [2.45, 2.75) is 4.30 Å². The molecule has 68 valence electrons. The SMILES string of the molecule is C=CC(=C)Cl.CCl.ClC(Cl)Cl. The van der Waals surface area contributed by atoms with Crippen molar-refractivity contribution in [2.24, 2.45) is 0 Å². The zero-order valence-electron chi connectivity index (χ0n) is 5.96. The lowest BCUT2D eigenvalue weighted by atomic mass is 10.6. The lowest BCUT2D eigenvalue weighted by Crippen LogP contribution is -1.55. The summed E-state index contributed by atoms with van der Waals surface area (Å²) < 4.78 is -0.750. The van der Waals surface area contributed by atoms with Crippen LogP contribution in [-0.2, 0) is 0 Å². The zero-order valence-corrected chi connectivity index (χ0v) is 9.74. The Morgan fingerprint density at radius 1 is 1.27 bits per heavy atom. The average molecular weight is 258 g/mol. The van der Waals surface area contributed by atoms with Crippen molar-refractivity contribution in [3.63, 3.8) is 0 Å². The summed E-state index contributed by atoms with van der Waals surface area (Å²) in [6.45, 7) is 6.65. The van der Waals surface area contributed by atoms with Gasteiger partial charge in [-0.15, -0.1) is 11.6 Å². The molecule has 0 atom stereocenters. The van der Waals surface area contributed by atoms with E-state index in [9.17, 15) is 0 Å². The van der Waals surface area contributed by atoms with Crippen molar-refractivity contribution >= 4 is 58.0 Å². The molecule has 0 fully saturated rings. The van der Waals surface area contributed by atoms with Gasteiger partial charge in [-0.05, 0) is 0 Å². The normalized spacial score (nSPS) is 6.82. The summed E-state index contributed by atoms with van der Waals surface area (Å²) >= 11 is 24.2. The van der Waals surface area contributed by atoms with Crippen molar-refractivity contribution < 1.29 is 0 Å². The highest BCUT2D eigenvalue weighted by molar-refractivity contribution is 6.63. The Kier molecular flexibility index (Phi) is 27.8. The number of hydrogen-bond acceptors (Lipinski definition) is 0. The van der Waals surface area contributed by atoms with Gasteiger partial charge in [0.15, 0.2) is 4.30 Å². The van der Waals surface area contributed by atoms with Gasteiger partial charge < -0.3 is 0 Å². The summed E-state index contributed by atoms with van der Waals surface area (Å²) in [5, 5.41) is 0.491. The van der Waals surface area contributed by atoms with Gasteiger partial charge in [-0.2, -0.15) is 0 Å². The Morgan fingerprint density at radius 3 is 1.36 bits per heavy atom. The molecule has 0 radical (unpaired) electrons. The second-order valence-corrected chi connectivity index (χ2v) is 3.36.